The highest BCUT2D eigenvalue weighted by molar-refractivity contribution is 5.97. The molecule has 2 aromatic rings. The van der Waals surface area contributed by atoms with E-state index in [9.17, 15) is 14.0 Å². The molecule has 2 amide bonds. The molecular formula is C23H28FN3O3. The maximum atomic E-state index is 13.1. The fourth-order valence-electron chi connectivity index (χ4n) is 3.51. The van der Waals surface area contributed by atoms with Gasteiger partial charge in [0.05, 0.1) is 7.11 Å². The Balaban J connectivity index is 1.60. The normalized spacial score (nSPS) is 15.1. The molecule has 2 aromatic carbocycles. The lowest BCUT2D eigenvalue weighted by Gasteiger charge is -2.38. The molecule has 30 heavy (non-hydrogen) atoms. The van der Waals surface area contributed by atoms with E-state index in [0.29, 0.717) is 18.7 Å². The van der Waals surface area contributed by atoms with Gasteiger partial charge in [-0.3, -0.25) is 9.59 Å². The topological polar surface area (TPSA) is 61.9 Å². The average Bonchev–Trinajstić information content (AvgIpc) is 2.77. The van der Waals surface area contributed by atoms with E-state index in [1.807, 2.05) is 38.1 Å². The molecule has 0 unspecified atom stereocenters. The number of anilines is 1. The summed E-state index contributed by atoms with van der Waals surface area (Å²) < 4.78 is 18.3. The predicted molar refractivity (Wildman–Crippen MR) is 114 cm³/mol. The molecule has 1 heterocycles. The third kappa shape index (κ3) is 5.09. The van der Waals surface area contributed by atoms with Gasteiger partial charge in [0.1, 0.15) is 17.6 Å². The number of rotatable bonds is 6. The summed E-state index contributed by atoms with van der Waals surface area (Å²) in [4.78, 5) is 29.7. The van der Waals surface area contributed by atoms with Crippen molar-refractivity contribution in [1.82, 2.24) is 10.2 Å². The maximum absolute atomic E-state index is 13.1. The summed E-state index contributed by atoms with van der Waals surface area (Å²) in [5.41, 5.74) is 1.42. The van der Waals surface area contributed by atoms with E-state index in [2.05, 4.69) is 10.2 Å². The summed E-state index contributed by atoms with van der Waals surface area (Å²) in [7, 11) is 1.64. The Labute approximate surface area is 176 Å². The first-order valence-corrected chi connectivity index (χ1v) is 10.1. The van der Waals surface area contributed by atoms with E-state index < -0.39 is 11.9 Å². The van der Waals surface area contributed by atoms with Gasteiger partial charge in [-0.1, -0.05) is 13.8 Å². The summed E-state index contributed by atoms with van der Waals surface area (Å²) in [6, 6.07) is 12.5. The Hall–Kier alpha value is -3.09. The van der Waals surface area contributed by atoms with Crippen molar-refractivity contribution in [3.05, 3.63) is 59.9 Å². The number of nitrogens with zero attached hydrogens (tertiary/aromatic N) is 2. The number of nitrogens with one attached hydrogen (secondary N) is 1. The van der Waals surface area contributed by atoms with Gasteiger partial charge in [-0.05, 0) is 54.4 Å². The molecule has 1 aliphatic rings. The van der Waals surface area contributed by atoms with Gasteiger partial charge in [0.25, 0.3) is 5.91 Å². The van der Waals surface area contributed by atoms with Crippen LogP contribution in [0.4, 0.5) is 10.1 Å². The second kappa shape index (κ2) is 9.61. The lowest BCUT2D eigenvalue weighted by atomic mass is 10.0. The van der Waals surface area contributed by atoms with Crippen LogP contribution in [-0.2, 0) is 4.79 Å². The molecule has 6 nitrogen and oxygen atoms in total. The lowest BCUT2D eigenvalue weighted by molar-refractivity contribution is -0.134. The van der Waals surface area contributed by atoms with Crippen LogP contribution in [0.5, 0.6) is 5.75 Å². The van der Waals surface area contributed by atoms with Gasteiger partial charge in [-0.25, -0.2) is 4.39 Å². The third-order valence-corrected chi connectivity index (χ3v) is 5.35. The highest BCUT2D eigenvalue weighted by Crippen LogP contribution is 2.21. The Bertz CT molecular complexity index is 860. The van der Waals surface area contributed by atoms with Crippen LogP contribution in [0.25, 0.3) is 0 Å². The van der Waals surface area contributed by atoms with Crippen molar-refractivity contribution in [3.63, 3.8) is 0 Å². The molecule has 3 rings (SSSR count). The molecule has 0 saturated carbocycles. The number of carbonyl (C=O) groups is 2. The van der Waals surface area contributed by atoms with Crippen LogP contribution in [0, 0.1) is 11.7 Å². The van der Waals surface area contributed by atoms with Crippen molar-refractivity contribution in [2.75, 3.05) is 38.2 Å². The molecule has 0 aliphatic carbocycles. The van der Waals surface area contributed by atoms with Gasteiger partial charge in [-0.2, -0.15) is 0 Å². The van der Waals surface area contributed by atoms with E-state index >= 15 is 0 Å². The number of piperazine rings is 1. The van der Waals surface area contributed by atoms with Crippen molar-refractivity contribution < 1.29 is 18.7 Å². The van der Waals surface area contributed by atoms with Crippen molar-refractivity contribution in [3.8, 4) is 5.75 Å². The van der Waals surface area contributed by atoms with Crippen LogP contribution in [0.2, 0.25) is 0 Å². The minimum atomic E-state index is -0.630. The first-order chi connectivity index (χ1) is 14.4. The van der Waals surface area contributed by atoms with Crippen LogP contribution < -0.4 is 15.0 Å². The quantitative estimate of drug-likeness (QED) is 0.791. The van der Waals surface area contributed by atoms with Crippen LogP contribution >= 0.6 is 0 Å². The molecule has 1 atom stereocenters. The van der Waals surface area contributed by atoms with E-state index in [-0.39, 0.29) is 17.7 Å². The molecule has 1 aliphatic heterocycles. The fraction of sp³-hybridized carbons (Fsp3) is 0.391. The molecular weight excluding hydrogens is 385 g/mol. The number of benzene rings is 2. The molecule has 0 bridgehead atoms. The summed E-state index contributed by atoms with van der Waals surface area (Å²) in [5.74, 6) is -0.128. The summed E-state index contributed by atoms with van der Waals surface area (Å²) in [5, 5.41) is 2.82. The largest absolute Gasteiger partial charge is 0.497 e. The van der Waals surface area contributed by atoms with Gasteiger partial charge in [0, 0.05) is 37.4 Å². The molecule has 0 spiro atoms. The minimum Gasteiger partial charge on any atom is -0.497 e. The van der Waals surface area contributed by atoms with Gasteiger partial charge in [-0.15, -0.1) is 0 Å². The van der Waals surface area contributed by atoms with Crippen molar-refractivity contribution in [2.45, 2.75) is 19.9 Å². The molecule has 1 N–H and O–H groups in total. The van der Waals surface area contributed by atoms with Crippen LogP contribution in [-0.4, -0.2) is 56.0 Å². The summed E-state index contributed by atoms with van der Waals surface area (Å²) >= 11 is 0. The number of halogens is 1. The highest BCUT2D eigenvalue weighted by Gasteiger charge is 2.31. The number of amides is 2. The second-order valence-electron chi connectivity index (χ2n) is 7.71. The zero-order chi connectivity index (χ0) is 21.7. The molecule has 160 valence electrons. The van der Waals surface area contributed by atoms with Crippen molar-refractivity contribution >= 4 is 17.5 Å². The molecule has 1 saturated heterocycles. The van der Waals surface area contributed by atoms with Crippen LogP contribution in [0.3, 0.4) is 0 Å². The number of hydrogen-bond acceptors (Lipinski definition) is 4. The first-order valence-electron chi connectivity index (χ1n) is 10.1. The Morgan fingerprint density at radius 3 is 2.10 bits per heavy atom. The fourth-order valence-corrected chi connectivity index (χ4v) is 3.51. The first kappa shape index (κ1) is 21.6. The van der Waals surface area contributed by atoms with E-state index in [1.165, 1.54) is 24.3 Å². The van der Waals surface area contributed by atoms with Gasteiger partial charge < -0.3 is 19.9 Å². The average molecular weight is 413 g/mol. The van der Waals surface area contributed by atoms with Crippen molar-refractivity contribution in [2.24, 2.45) is 5.92 Å². The Kier molecular flexibility index (Phi) is 6.92. The number of ether oxygens (including phenoxy) is 1. The lowest BCUT2D eigenvalue weighted by Crippen LogP contribution is -2.56. The monoisotopic (exact) mass is 413 g/mol. The summed E-state index contributed by atoms with van der Waals surface area (Å²) in [6.45, 7) is 6.41. The molecule has 1 fully saturated rings. The van der Waals surface area contributed by atoms with Crippen LogP contribution in [0.1, 0.15) is 24.2 Å². The maximum Gasteiger partial charge on any atom is 0.251 e. The van der Waals surface area contributed by atoms with Gasteiger partial charge in [0.15, 0.2) is 0 Å². The predicted octanol–water partition coefficient (Wildman–Crippen LogP) is 2.94. The SMILES string of the molecule is COc1ccc(N2CCN(C(=O)[C@H](NC(=O)c3ccc(F)cc3)C(C)C)CC2)cc1. The zero-order valence-electron chi connectivity index (χ0n) is 17.6. The van der Waals surface area contributed by atoms with E-state index in [4.69, 9.17) is 4.74 Å². The zero-order valence-corrected chi connectivity index (χ0v) is 17.6. The van der Waals surface area contributed by atoms with E-state index in [1.54, 1.807) is 12.0 Å². The minimum absolute atomic E-state index is 0.0680. The molecule has 7 heteroatoms. The summed E-state index contributed by atoms with van der Waals surface area (Å²) in [6.07, 6.45) is 0. The van der Waals surface area contributed by atoms with E-state index in [0.717, 1.165) is 24.5 Å². The second-order valence-corrected chi connectivity index (χ2v) is 7.71. The number of methoxy groups -OCH3 is 1. The Morgan fingerprint density at radius 1 is 0.967 bits per heavy atom. The van der Waals surface area contributed by atoms with Gasteiger partial charge in [0.2, 0.25) is 5.91 Å². The Morgan fingerprint density at radius 2 is 1.57 bits per heavy atom. The van der Waals surface area contributed by atoms with Crippen LogP contribution in [0.15, 0.2) is 48.5 Å². The van der Waals surface area contributed by atoms with Crippen molar-refractivity contribution in [1.29, 1.82) is 0 Å². The molecule has 0 radical (unpaired) electrons. The standard InChI is InChI=1S/C23H28FN3O3/c1-16(2)21(25-22(28)17-4-6-18(24)7-5-17)23(29)27-14-12-26(13-15-27)19-8-10-20(30-3)11-9-19/h4-11,16,21H,12-15H2,1-3H3,(H,25,28)/t21-/m1/s1. The molecule has 0 aromatic heterocycles. The highest BCUT2D eigenvalue weighted by atomic mass is 19.1. The number of hydrogen-bond donors (Lipinski definition) is 1. The smallest absolute Gasteiger partial charge is 0.251 e. The third-order valence-electron chi connectivity index (χ3n) is 5.35. The van der Waals surface area contributed by atoms with Gasteiger partial charge >= 0.3 is 0 Å². The number of carbonyl (C=O) groups excluding carboxylic acids is 2.